The third kappa shape index (κ3) is 2.12. The number of aromatic amines is 1. The first-order chi connectivity index (χ1) is 11.5. The second-order valence-corrected chi connectivity index (χ2v) is 8.29. The van der Waals surface area contributed by atoms with E-state index in [2.05, 4.69) is 15.3 Å². The van der Waals surface area contributed by atoms with Crippen LogP contribution in [-0.4, -0.2) is 32.5 Å². The summed E-state index contributed by atoms with van der Waals surface area (Å²) in [6.07, 6.45) is 8.99. The minimum atomic E-state index is -3.73. The molecule has 3 aromatic rings. The summed E-state index contributed by atoms with van der Waals surface area (Å²) < 4.78 is 26.6. The van der Waals surface area contributed by atoms with Crippen molar-refractivity contribution in [1.82, 2.24) is 19.4 Å². The molecule has 122 valence electrons. The van der Waals surface area contributed by atoms with Gasteiger partial charge in [-0.3, -0.25) is 5.10 Å². The molecule has 0 saturated carbocycles. The third-order valence-corrected chi connectivity index (χ3v) is 6.60. The van der Waals surface area contributed by atoms with Crippen molar-refractivity contribution in [1.29, 1.82) is 0 Å². The molecule has 2 heterocycles. The number of rotatable bonds is 3. The number of H-pyrrole nitrogens is 1. The Balaban J connectivity index is 1.80. The first-order valence-electron chi connectivity index (χ1n) is 7.57. The molecule has 0 radical (unpaired) electrons. The molecule has 1 aromatic carbocycles. The SMILES string of the molecule is CC1(S(=O)(=O)n2ncc3ccccc32)C=CC=C(c2ccn[nH]2)C1. The Labute approximate surface area is 139 Å². The van der Waals surface area contributed by atoms with Crippen LogP contribution in [0.2, 0.25) is 0 Å². The maximum absolute atomic E-state index is 13.3. The molecule has 1 aliphatic carbocycles. The van der Waals surface area contributed by atoms with Crippen LogP contribution in [0.3, 0.4) is 0 Å². The van der Waals surface area contributed by atoms with Gasteiger partial charge in [0.05, 0.1) is 17.4 Å². The number of fused-ring (bicyclic) bond motifs is 1. The Morgan fingerprint density at radius 2 is 2.08 bits per heavy atom. The highest BCUT2D eigenvalue weighted by Gasteiger charge is 2.41. The Bertz CT molecular complexity index is 1060. The molecule has 4 rings (SSSR count). The molecule has 1 atom stereocenters. The van der Waals surface area contributed by atoms with E-state index in [9.17, 15) is 8.42 Å². The van der Waals surface area contributed by atoms with Crippen molar-refractivity contribution in [2.24, 2.45) is 0 Å². The summed E-state index contributed by atoms with van der Waals surface area (Å²) in [6, 6.07) is 9.12. The monoisotopic (exact) mass is 340 g/mol. The standard InChI is InChI=1S/C17H16N4O2S/c1-17(9-4-6-13(11-17)15-8-10-18-20-15)24(22,23)21-16-7-3-2-5-14(16)12-19-21/h2-10,12H,11H2,1H3,(H,18,20). The Morgan fingerprint density at radius 1 is 1.25 bits per heavy atom. The predicted octanol–water partition coefficient (Wildman–Crippen LogP) is 2.74. The molecule has 1 aliphatic rings. The highest BCUT2D eigenvalue weighted by molar-refractivity contribution is 7.91. The molecule has 0 amide bonds. The molecule has 0 spiro atoms. The van der Waals surface area contributed by atoms with E-state index >= 15 is 0 Å². The van der Waals surface area contributed by atoms with Gasteiger partial charge in [-0.15, -0.1) is 0 Å². The van der Waals surface area contributed by atoms with Crippen molar-refractivity contribution in [2.45, 2.75) is 18.1 Å². The number of nitrogens with zero attached hydrogens (tertiary/aromatic N) is 3. The van der Waals surface area contributed by atoms with Crippen LogP contribution in [0.5, 0.6) is 0 Å². The molecule has 6 nitrogen and oxygen atoms in total. The zero-order valence-electron chi connectivity index (χ0n) is 13.0. The van der Waals surface area contributed by atoms with Gasteiger partial charge in [0.1, 0.15) is 4.75 Å². The van der Waals surface area contributed by atoms with Gasteiger partial charge in [-0.2, -0.15) is 14.3 Å². The zero-order chi connectivity index (χ0) is 16.8. The molecule has 2 aromatic heterocycles. The minimum absolute atomic E-state index is 0.349. The Hall–Kier alpha value is -2.67. The van der Waals surface area contributed by atoms with Crippen LogP contribution in [-0.2, 0) is 10.0 Å². The number of nitrogens with one attached hydrogen (secondary N) is 1. The topological polar surface area (TPSA) is 80.6 Å². The molecule has 1 N–H and O–H groups in total. The summed E-state index contributed by atoms with van der Waals surface area (Å²) in [5.41, 5.74) is 2.31. The lowest BCUT2D eigenvalue weighted by molar-refractivity contribution is 0.549. The molecular weight excluding hydrogens is 324 g/mol. The normalized spacial score (nSPS) is 21.1. The number of para-hydroxylation sites is 1. The molecule has 0 aliphatic heterocycles. The Morgan fingerprint density at radius 3 is 2.88 bits per heavy atom. The van der Waals surface area contributed by atoms with Gasteiger partial charge in [-0.1, -0.05) is 36.4 Å². The van der Waals surface area contributed by atoms with Gasteiger partial charge >= 0.3 is 0 Å². The molecule has 1 unspecified atom stereocenters. The summed E-state index contributed by atoms with van der Waals surface area (Å²) in [5, 5.41) is 11.8. The smallest absolute Gasteiger partial charge is 0.263 e. The quantitative estimate of drug-likeness (QED) is 0.795. The van der Waals surface area contributed by atoms with E-state index in [0.29, 0.717) is 11.9 Å². The van der Waals surface area contributed by atoms with E-state index in [1.165, 1.54) is 0 Å². The number of aromatic nitrogens is 4. The first-order valence-corrected chi connectivity index (χ1v) is 9.01. The lowest BCUT2D eigenvalue weighted by Gasteiger charge is -2.29. The van der Waals surface area contributed by atoms with Crippen LogP contribution in [0.25, 0.3) is 16.5 Å². The number of benzene rings is 1. The van der Waals surface area contributed by atoms with Gasteiger partial charge in [-0.05, 0) is 31.1 Å². The van der Waals surface area contributed by atoms with Crippen molar-refractivity contribution < 1.29 is 8.42 Å². The molecule has 7 heteroatoms. The van der Waals surface area contributed by atoms with E-state index in [1.54, 1.807) is 37.5 Å². The van der Waals surface area contributed by atoms with Crippen LogP contribution >= 0.6 is 0 Å². The number of hydrogen-bond donors (Lipinski definition) is 1. The molecule has 24 heavy (non-hydrogen) atoms. The first kappa shape index (κ1) is 14.9. The lowest BCUT2D eigenvalue weighted by Crippen LogP contribution is -2.39. The Kier molecular flexibility index (Phi) is 3.21. The van der Waals surface area contributed by atoms with Crippen LogP contribution in [0.15, 0.2) is 61.0 Å². The van der Waals surface area contributed by atoms with Crippen molar-refractivity contribution in [3.8, 4) is 0 Å². The van der Waals surface area contributed by atoms with E-state index in [1.807, 2.05) is 30.3 Å². The van der Waals surface area contributed by atoms with Gasteiger partial charge < -0.3 is 0 Å². The number of allylic oxidation sites excluding steroid dienone is 3. The highest BCUT2D eigenvalue weighted by Crippen LogP contribution is 2.36. The van der Waals surface area contributed by atoms with Gasteiger partial charge in [0, 0.05) is 11.6 Å². The van der Waals surface area contributed by atoms with Gasteiger partial charge in [0.15, 0.2) is 0 Å². The predicted molar refractivity (Wildman–Crippen MR) is 92.8 cm³/mol. The summed E-state index contributed by atoms with van der Waals surface area (Å²) in [6.45, 7) is 1.72. The van der Waals surface area contributed by atoms with Crippen LogP contribution in [0, 0.1) is 0 Å². The second-order valence-electron chi connectivity index (χ2n) is 6.06. The summed E-state index contributed by atoms with van der Waals surface area (Å²) in [5.74, 6) is 0. The summed E-state index contributed by atoms with van der Waals surface area (Å²) in [7, 11) is -3.73. The molecule has 0 fully saturated rings. The fraction of sp³-hybridized carbons (Fsp3) is 0.176. The maximum atomic E-state index is 13.3. The molecule has 0 bridgehead atoms. The van der Waals surface area contributed by atoms with Crippen LogP contribution in [0.1, 0.15) is 19.0 Å². The van der Waals surface area contributed by atoms with Crippen molar-refractivity contribution in [3.63, 3.8) is 0 Å². The fourth-order valence-corrected chi connectivity index (χ4v) is 4.58. The fourth-order valence-electron chi connectivity index (χ4n) is 3.00. The third-order valence-electron chi connectivity index (χ3n) is 4.40. The van der Waals surface area contributed by atoms with E-state index in [-0.39, 0.29) is 0 Å². The van der Waals surface area contributed by atoms with Crippen LogP contribution < -0.4 is 0 Å². The highest BCUT2D eigenvalue weighted by atomic mass is 32.2. The van der Waals surface area contributed by atoms with Crippen LogP contribution in [0.4, 0.5) is 0 Å². The van der Waals surface area contributed by atoms with Crippen molar-refractivity contribution in [2.75, 3.05) is 0 Å². The summed E-state index contributed by atoms with van der Waals surface area (Å²) >= 11 is 0. The number of hydrogen-bond acceptors (Lipinski definition) is 4. The zero-order valence-corrected chi connectivity index (χ0v) is 13.9. The lowest BCUT2D eigenvalue weighted by atomic mass is 9.93. The van der Waals surface area contributed by atoms with E-state index in [0.717, 1.165) is 20.7 Å². The maximum Gasteiger partial charge on any atom is 0.263 e. The minimum Gasteiger partial charge on any atom is -0.278 e. The van der Waals surface area contributed by atoms with Gasteiger partial charge in [0.2, 0.25) is 0 Å². The van der Waals surface area contributed by atoms with E-state index in [4.69, 9.17) is 0 Å². The van der Waals surface area contributed by atoms with Crippen molar-refractivity contribution >= 4 is 26.5 Å². The molecular formula is C17H16N4O2S. The van der Waals surface area contributed by atoms with Crippen molar-refractivity contribution in [3.05, 3.63) is 66.6 Å². The molecule has 0 saturated heterocycles. The van der Waals surface area contributed by atoms with Gasteiger partial charge in [-0.25, -0.2) is 8.42 Å². The second kappa shape index (κ2) is 5.17. The summed E-state index contributed by atoms with van der Waals surface area (Å²) in [4.78, 5) is 0. The average Bonchev–Trinajstić information content (AvgIpc) is 3.24. The largest absolute Gasteiger partial charge is 0.278 e. The van der Waals surface area contributed by atoms with Gasteiger partial charge in [0.25, 0.3) is 10.0 Å². The average molecular weight is 340 g/mol. The van der Waals surface area contributed by atoms with E-state index < -0.39 is 14.8 Å².